The van der Waals surface area contributed by atoms with Gasteiger partial charge in [-0.15, -0.1) is 0 Å². The van der Waals surface area contributed by atoms with Crippen molar-refractivity contribution in [2.24, 2.45) is 5.92 Å². The van der Waals surface area contributed by atoms with Gasteiger partial charge in [0.1, 0.15) is 0 Å². The average Bonchev–Trinajstić information content (AvgIpc) is 3.23. The van der Waals surface area contributed by atoms with Crippen LogP contribution in [-0.2, 0) is 4.79 Å². The van der Waals surface area contributed by atoms with Crippen molar-refractivity contribution in [3.8, 4) is 0 Å². The molecule has 0 radical (unpaired) electrons. The first kappa shape index (κ1) is 18.2. The van der Waals surface area contributed by atoms with E-state index in [-0.39, 0.29) is 17.7 Å². The van der Waals surface area contributed by atoms with Crippen LogP contribution >= 0.6 is 0 Å². The number of piperidine rings is 1. The lowest BCUT2D eigenvalue weighted by Crippen LogP contribution is -2.46. The minimum Gasteiger partial charge on any atom is -0.459 e. The van der Waals surface area contributed by atoms with Crippen molar-refractivity contribution in [2.75, 3.05) is 19.6 Å². The number of carbonyl (C=O) groups is 2. The Hall–Kier alpha value is -2.56. The Labute approximate surface area is 154 Å². The van der Waals surface area contributed by atoms with Gasteiger partial charge in [-0.05, 0) is 37.0 Å². The average molecular weight is 354 g/mol. The molecule has 1 fully saturated rings. The lowest BCUT2D eigenvalue weighted by Gasteiger charge is -2.31. The number of amides is 2. The van der Waals surface area contributed by atoms with Crippen molar-refractivity contribution in [3.63, 3.8) is 0 Å². The summed E-state index contributed by atoms with van der Waals surface area (Å²) in [5.74, 6) is 0.390. The second-order valence-corrected chi connectivity index (χ2v) is 6.83. The van der Waals surface area contributed by atoms with Gasteiger partial charge < -0.3 is 14.6 Å². The van der Waals surface area contributed by atoms with Gasteiger partial charge in [-0.2, -0.15) is 0 Å². The molecule has 1 aromatic carbocycles. The van der Waals surface area contributed by atoms with Crippen LogP contribution in [0.3, 0.4) is 0 Å². The molecule has 1 saturated heterocycles. The van der Waals surface area contributed by atoms with Gasteiger partial charge in [-0.3, -0.25) is 9.59 Å². The van der Waals surface area contributed by atoms with E-state index in [0.717, 1.165) is 19.3 Å². The Bertz CT molecular complexity index is 712. The standard InChI is InChI=1S/C21H26N2O3/c1-2-16(17-8-4-3-5-9-17)14-22-20(24)18-10-6-12-23(15-18)21(25)19-11-7-13-26-19/h3-5,7-9,11,13,16,18H,2,6,10,12,14-15H2,1H3,(H,22,24)/t16-,18+/m0/s1. The highest BCUT2D eigenvalue weighted by Gasteiger charge is 2.30. The van der Waals surface area contributed by atoms with Crippen molar-refractivity contribution >= 4 is 11.8 Å². The van der Waals surface area contributed by atoms with Crippen LogP contribution in [0.15, 0.2) is 53.1 Å². The Morgan fingerprint density at radius 1 is 1.23 bits per heavy atom. The zero-order valence-electron chi connectivity index (χ0n) is 15.2. The van der Waals surface area contributed by atoms with E-state index in [1.54, 1.807) is 17.0 Å². The van der Waals surface area contributed by atoms with Crippen molar-refractivity contribution in [3.05, 3.63) is 60.1 Å². The van der Waals surface area contributed by atoms with Gasteiger partial charge in [-0.25, -0.2) is 0 Å². The molecule has 0 bridgehead atoms. The Morgan fingerprint density at radius 3 is 2.73 bits per heavy atom. The second-order valence-electron chi connectivity index (χ2n) is 6.83. The van der Waals surface area contributed by atoms with E-state index in [1.807, 2.05) is 18.2 Å². The quantitative estimate of drug-likeness (QED) is 0.864. The first-order valence-corrected chi connectivity index (χ1v) is 9.34. The molecule has 1 aromatic heterocycles. The van der Waals surface area contributed by atoms with Crippen molar-refractivity contribution in [1.82, 2.24) is 10.2 Å². The topological polar surface area (TPSA) is 62.6 Å². The SMILES string of the molecule is CC[C@@H](CNC(=O)[C@@H]1CCCN(C(=O)c2ccco2)C1)c1ccccc1. The summed E-state index contributed by atoms with van der Waals surface area (Å²) in [4.78, 5) is 26.8. The summed E-state index contributed by atoms with van der Waals surface area (Å²) < 4.78 is 5.19. The number of furan rings is 1. The van der Waals surface area contributed by atoms with E-state index in [0.29, 0.717) is 31.3 Å². The summed E-state index contributed by atoms with van der Waals surface area (Å²) in [6.07, 6.45) is 4.12. The number of rotatable bonds is 6. The zero-order chi connectivity index (χ0) is 18.4. The highest BCUT2D eigenvalue weighted by atomic mass is 16.3. The molecule has 3 rings (SSSR count). The first-order valence-electron chi connectivity index (χ1n) is 9.34. The normalized spacial score (nSPS) is 18.3. The highest BCUT2D eigenvalue weighted by molar-refractivity contribution is 5.92. The maximum atomic E-state index is 12.6. The minimum absolute atomic E-state index is 0.0383. The van der Waals surface area contributed by atoms with Crippen molar-refractivity contribution in [2.45, 2.75) is 32.1 Å². The van der Waals surface area contributed by atoms with Crippen LogP contribution in [0.2, 0.25) is 0 Å². The predicted molar refractivity (Wildman–Crippen MR) is 99.8 cm³/mol. The van der Waals surface area contributed by atoms with Crippen LogP contribution in [0, 0.1) is 5.92 Å². The third-order valence-corrected chi connectivity index (χ3v) is 5.10. The molecule has 2 atom stereocenters. The Morgan fingerprint density at radius 2 is 2.04 bits per heavy atom. The molecule has 2 aromatic rings. The van der Waals surface area contributed by atoms with Gasteiger partial charge in [0, 0.05) is 25.6 Å². The van der Waals surface area contributed by atoms with Crippen LogP contribution in [-0.4, -0.2) is 36.3 Å². The molecule has 1 aliphatic rings. The van der Waals surface area contributed by atoms with Gasteiger partial charge in [0.25, 0.3) is 5.91 Å². The molecule has 0 unspecified atom stereocenters. The fourth-order valence-electron chi connectivity index (χ4n) is 3.52. The van der Waals surface area contributed by atoms with E-state index in [1.165, 1.54) is 11.8 Å². The number of hydrogen-bond acceptors (Lipinski definition) is 3. The van der Waals surface area contributed by atoms with Crippen molar-refractivity contribution in [1.29, 1.82) is 0 Å². The summed E-state index contributed by atoms with van der Waals surface area (Å²) in [5, 5.41) is 3.10. The monoisotopic (exact) mass is 354 g/mol. The molecule has 5 nitrogen and oxygen atoms in total. The predicted octanol–water partition coefficient (Wildman–Crippen LogP) is 3.44. The smallest absolute Gasteiger partial charge is 0.289 e. The molecule has 26 heavy (non-hydrogen) atoms. The van der Waals surface area contributed by atoms with Crippen LogP contribution in [0.1, 0.15) is 48.2 Å². The summed E-state index contributed by atoms with van der Waals surface area (Å²) >= 11 is 0. The molecule has 5 heteroatoms. The molecule has 0 aliphatic carbocycles. The fourth-order valence-corrected chi connectivity index (χ4v) is 3.52. The molecule has 0 spiro atoms. The van der Waals surface area contributed by atoms with Gasteiger partial charge in [0.15, 0.2) is 5.76 Å². The van der Waals surface area contributed by atoms with E-state index in [2.05, 4.69) is 24.4 Å². The number of hydrogen-bond donors (Lipinski definition) is 1. The molecule has 1 aliphatic heterocycles. The molecular formula is C21H26N2O3. The largest absolute Gasteiger partial charge is 0.459 e. The third kappa shape index (κ3) is 4.34. The van der Waals surface area contributed by atoms with E-state index < -0.39 is 0 Å². The van der Waals surface area contributed by atoms with E-state index >= 15 is 0 Å². The maximum Gasteiger partial charge on any atom is 0.289 e. The number of carbonyl (C=O) groups excluding carboxylic acids is 2. The minimum atomic E-state index is -0.157. The van der Waals surface area contributed by atoms with Crippen LogP contribution in [0.25, 0.3) is 0 Å². The van der Waals surface area contributed by atoms with Gasteiger partial charge >= 0.3 is 0 Å². The highest BCUT2D eigenvalue weighted by Crippen LogP contribution is 2.21. The van der Waals surface area contributed by atoms with Gasteiger partial charge in [0.2, 0.25) is 5.91 Å². The van der Waals surface area contributed by atoms with Crippen molar-refractivity contribution < 1.29 is 14.0 Å². The molecular weight excluding hydrogens is 328 g/mol. The summed E-state index contributed by atoms with van der Waals surface area (Å²) in [7, 11) is 0. The second kappa shape index (κ2) is 8.70. The first-order chi connectivity index (χ1) is 12.7. The zero-order valence-corrected chi connectivity index (χ0v) is 15.2. The summed E-state index contributed by atoms with van der Waals surface area (Å²) in [6.45, 7) is 3.88. The molecule has 138 valence electrons. The molecule has 1 N–H and O–H groups in total. The van der Waals surface area contributed by atoms with Crippen LogP contribution in [0.4, 0.5) is 0 Å². The number of likely N-dealkylation sites (tertiary alicyclic amines) is 1. The third-order valence-electron chi connectivity index (χ3n) is 5.10. The van der Waals surface area contributed by atoms with Gasteiger partial charge in [-0.1, -0.05) is 37.3 Å². The lowest BCUT2D eigenvalue weighted by molar-refractivity contribution is -0.126. The van der Waals surface area contributed by atoms with E-state index in [9.17, 15) is 9.59 Å². The molecule has 0 saturated carbocycles. The maximum absolute atomic E-state index is 12.6. The van der Waals surface area contributed by atoms with Gasteiger partial charge in [0.05, 0.1) is 12.2 Å². The molecule has 2 heterocycles. The number of benzene rings is 1. The lowest BCUT2D eigenvalue weighted by atomic mass is 9.94. The number of nitrogens with one attached hydrogen (secondary N) is 1. The fraction of sp³-hybridized carbons (Fsp3) is 0.429. The summed E-state index contributed by atoms with van der Waals surface area (Å²) in [5.41, 5.74) is 1.24. The summed E-state index contributed by atoms with van der Waals surface area (Å²) in [6, 6.07) is 13.6. The van der Waals surface area contributed by atoms with E-state index in [4.69, 9.17) is 4.42 Å². The number of nitrogens with zero attached hydrogens (tertiary/aromatic N) is 1. The van der Waals surface area contributed by atoms with Crippen LogP contribution < -0.4 is 5.32 Å². The van der Waals surface area contributed by atoms with Crippen LogP contribution in [0.5, 0.6) is 0 Å². The molecule has 2 amide bonds. The Kier molecular flexibility index (Phi) is 6.10. The Balaban J connectivity index is 1.55.